The summed E-state index contributed by atoms with van der Waals surface area (Å²) in [7, 11) is 0. The molecular weight excluding hydrogens is 1080 g/mol. The van der Waals surface area contributed by atoms with Crippen LogP contribution in [-0.4, -0.2) is 200 Å². The molecule has 2 saturated heterocycles. The molecule has 4 fully saturated rings. The van der Waals surface area contributed by atoms with E-state index in [2.05, 4.69) is 25.5 Å². The van der Waals surface area contributed by atoms with E-state index in [1.807, 2.05) is 36.7 Å². The smallest absolute Gasteiger partial charge is 0.338 e. The van der Waals surface area contributed by atoms with Crippen molar-refractivity contribution in [2.75, 3.05) is 51.4 Å². The first-order chi connectivity index (χ1) is 40.1. The average Bonchev–Trinajstić information content (AvgIpc) is 4.18. The highest BCUT2D eigenvalue weighted by Crippen LogP contribution is 2.39. The van der Waals surface area contributed by atoms with Gasteiger partial charge in [-0.15, -0.1) is 5.10 Å². The van der Waals surface area contributed by atoms with Crippen LogP contribution < -0.4 is 16.4 Å². The number of aliphatic hydroxyl groups excluding tert-OH is 5. The van der Waals surface area contributed by atoms with Crippen LogP contribution in [0.2, 0.25) is 0 Å². The van der Waals surface area contributed by atoms with Gasteiger partial charge in [0.15, 0.2) is 24.8 Å². The van der Waals surface area contributed by atoms with E-state index in [4.69, 9.17) is 43.6 Å². The van der Waals surface area contributed by atoms with Crippen molar-refractivity contribution in [2.24, 2.45) is 23.5 Å². The van der Waals surface area contributed by atoms with Gasteiger partial charge < -0.3 is 89.5 Å². The number of esters is 1. The molecule has 2 aromatic carbocycles. The lowest BCUT2D eigenvalue weighted by molar-refractivity contribution is -0.349. The zero-order valence-corrected chi connectivity index (χ0v) is 47.2. The van der Waals surface area contributed by atoms with E-state index in [-0.39, 0.29) is 55.7 Å². The molecule has 0 spiro atoms. The minimum Gasteiger partial charge on any atom is -0.479 e. The molecule has 2 amide bonds. The lowest BCUT2D eigenvalue weighted by atomic mass is 9.77. The Morgan fingerprint density at radius 2 is 1.61 bits per heavy atom. The van der Waals surface area contributed by atoms with Crippen LogP contribution in [0.5, 0.6) is 0 Å². The molecule has 458 valence electrons. The molecule has 2 aromatic heterocycles. The maximum absolute atomic E-state index is 14.2. The zero-order chi connectivity index (χ0) is 59.0. The number of ether oxygens (including phenoxy) is 8. The molecule has 2 aliphatic heterocycles. The fourth-order valence-electron chi connectivity index (χ4n) is 11.5. The van der Waals surface area contributed by atoms with E-state index in [1.165, 1.54) is 19.1 Å². The van der Waals surface area contributed by atoms with Crippen LogP contribution in [-0.2, 0) is 71.8 Å². The topological polar surface area (TPSA) is 349 Å². The number of aliphatic carboxylic acids is 1. The molecule has 4 aliphatic rings. The maximum Gasteiger partial charge on any atom is 0.338 e. The molecule has 4 heterocycles. The first-order valence-electron chi connectivity index (χ1n) is 29.1. The van der Waals surface area contributed by atoms with Crippen molar-refractivity contribution in [2.45, 2.75) is 177 Å². The number of amides is 2. The summed E-state index contributed by atoms with van der Waals surface area (Å²) in [5, 5.41) is 80.7. The Balaban J connectivity index is 0.899. The summed E-state index contributed by atoms with van der Waals surface area (Å²) >= 11 is 0. The first kappa shape index (κ1) is 63.5. The Kier molecular flexibility index (Phi) is 23.7. The quantitative estimate of drug-likeness (QED) is 0.0277. The van der Waals surface area contributed by atoms with Crippen molar-refractivity contribution in [3.05, 3.63) is 78.2 Å². The Morgan fingerprint density at radius 1 is 0.831 bits per heavy atom. The molecule has 15 atom stereocenters. The van der Waals surface area contributed by atoms with Crippen LogP contribution in [0.3, 0.4) is 0 Å². The monoisotopic (exact) mass is 1170 g/mol. The molecule has 25 heteroatoms. The normalized spacial score (nSPS) is 29.1. The van der Waals surface area contributed by atoms with E-state index >= 15 is 0 Å². The maximum atomic E-state index is 14.2. The molecule has 8 rings (SSSR count). The van der Waals surface area contributed by atoms with Gasteiger partial charge in [0.2, 0.25) is 11.8 Å². The molecule has 25 nitrogen and oxygen atoms in total. The van der Waals surface area contributed by atoms with Gasteiger partial charge in [0.05, 0.1) is 56.0 Å². The second-order valence-electron chi connectivity index (χ2n) is 22.2. The third kappa shape index (κ3) is 17.3. The van der Waals surface area contributed by atoms with Crippen molar-refractivity contribution in [1.82, 2.24) is 24.9 Å². The van der Waals surface area contributed by atoms with Crippen LogP contribution in [0.1, 0.15) is 94.1 Å². The number of nitrogens with one attached hydrogen (secondary N) is 2. The summed E-state index contributed by atoms with van der Waals surface area (Å²) in [5.41, 5.74) is 7.96. The number of hydrogen-bond donors (Lipinski definition) is 9. The summed E-state index contributed by atoms with van der Waals surface area (Å²) in [5.74, 6) is -3.91. The van der Waals surface area contributed by atoms with Crippen molar-refractivity contribution >= 4 is 40.3 Å². The molecule has 2 aliphatic carbocycles. The van der Waals surface area contributed by atoms with E-state index in [9.17, 15) is 49.8 Å². The second-order valence-corrected chi connectivity index (χ2v) is 22.2. The van der Waals surface area contributed by atoms with Gasteiger partial charge in [0, 0.05) is 61.1 Å². The number of rotatable bonds is 29. The third-order valence-electron chi connectivity index (χ3n) is 16.0. The number of nitrogens with two attached hydrogens (primary N) is 1. The number of carbonyl (C=O) groups is 4. The van der Waals surface area contributed by atoms with Gasteiger partial charge in [0.1, 0.15) is 43.2 Å². The zero-order valence-electron chi connectivity index (χ0n) is 47.2. The minimum absolute atomic E-state index is 0.0277. The minimum atomic E-state index is -1.70. The third-order valence-corrected chi connectivity index (χ3v) is 16.0. The Hall–Kier alpha value is -5.52. The number of aromatic nitrogens is 4. The van der Waals surface area contributed by atoms with Crippen LogP contribution >= 0.6 is 0 Å². The number of aryl methyl sites for hydroxylation is 3. The summed E-state index contributed by atoms with van der Waals surface area (Å²) in [6, 6.07) is 15.7. The Morgan fingerprint density at radius 3 is 2.37 bits per heavy atom. The molecule has 6 unspecified atom stereocenters. The first-order valence-corrected chi connectivity index (χ1v) is 29.1. The summed E-state index contributed by atoms with van der Waals surface area (Å²) in [4.78, 5) is 53.3. The second kappa shape index (κ2) is 31.0. The molecule has 0 bridgehead atoms. The van der Waals surface area contributed by atoms with Crippen LogP contribution in [0.25, 0.3) is 10.9 Å². The van der Waals surface area contributed by atoms with Gasteiger partial charge in [-0.25, -0.2) is 9.59 Å². The number of anilines is 1. The average molecular weight is 1170 g/mol. The molecule has 83 heavy (non-hydrogen) atoms. The Labute approximate surface area is 482 Å². The van der Waals surface area contributed by atoms with Gasteiger partial charge in [-0.3, -0.25) is 14.3 Å². The molecule has 4 aromatic rings. The number of carboxylic acid groups (broad SMARTS) is 1. The van der Waals surface area contributed by atoms with Crippen molar-refractivity contribution in [1.29, 1.82) is 0 Å². The van der Waals surface area contributed by atoms with Crippen LogP contribution in [0.15, 0.2) is 67.0 Å². The van der Waals surface area contributed by atoms with Gasteiger partial charge in [0.25, 0.3) is 0 Å². The number of benzene rings is 2. The largest absolute Gasteiger partial charge is 0.479 e. The SMILES string of the molecule is CC1O[C@@H](OC2[C@H](C)CC(C(=O)NCCCc3cn(CCCn4ccc5cc(NC(=O)COCCOCCN)ccc54)nn3)C[C@H]2O[C@@H]2O[C@@H](CO)[C@H](O)C(O[C@@H](CC3CCCCC3)C(=O)O)C2OC(=O)c2ccccc2)[C@@H](O)C(O)[C@@H]1O. The van der Waals surface area contributed by atoms with Crippen molar-refractivity contribution in [3.63, 3.8) is 0 Å². The summed E-state index contributed by atoms with van der Waals surface area (Å²) < 4.78 is 52.1. The predicted octanol–water partition coefficient (Wildman–Crippen LogP) is 2.06. The van der Waals surface area contributed by atoms with E-state index in [0.717, 1.165) is 55.1 Å². The van der Waals surface area contributed by atoms with Crippen LogP contribution in [0.4, 0.5) is 5.69 Å². The molecule has 2 saturated carbocycles. The van der Waals surface area contributed by atoms with E-state index in [0.29, 0.717) is 58.0 Å². The fraction of sp³-hybridized carbons (Fsp3) is 0.655. The molecular formula is C58H83N7O18. The lowest BCUT2D eigenvalue weighted by Crippen LogP contribution is -2.64. The number of aliphatic hydroxyl groups is 5. The summed E-state index contributed by atoms with van der Waals surface area (Å²) in [6.45, 7) is 5.59. The van der Waals surface area contributed by atoms with Gasteiger partial charge in [-0.1, -0.05) is 62.4 Å². The number of fused-ring (bicyclic) bond motifs is 1. The van der Waals surface area contributed by atoms with Crippen molar-refractivity contribution < 1.29 is 87.7 Å². The molecule has 10 N–H and O–H groups in total. The number of carbonyl (C=O) groups excluding carboxylic acids is 3. The van der Waals surface area contributed by atoms with E-state index in [1.54, 1.807) is 29.8 Å². The lowest BCUT2D eigenvalue weighted by Gasteiger charge is -2.48. The number of carboxylic acids is 1. The highest BCUT2D eigenvalue weighted by Gasteiger charge is 2.54. The van der Waals surface area contributed by atoms with Gasteiger partial charge >= 0.3 is 11.9 Å². The summed E-state index contributed by atoms with van der Waals surface area (Å²) in [6.07, 6.45) is -8.23. The van der Waals surface area contributed by atoms with Gasteiger partial charge in [-0.2, -0.15) is 0 Å². The highest BCUT2D eigenvalue weighted by molar-refractivity contribution is 5.94. The Bertz CT molecular complexity index is 2670. The van der Waals surface area contributed by atoms with Gasteiger partial charge in [-0.05, 0) is 93.7 Å². The van der Waals surface area contributed by atoms with Crippen LogP contribution in [0, 0.1) is 17.8 Å². The fourth-order valence-corrected chi connectivity index (χ4v) is 11.5. The molecule has 0 radical (unpaired) electrons. The van der Waals surface area contributed by atoms with E-state index < -0.39 is 110 Å². The standard InChI is InChI=1S/C58H83N7O18/c1-34-27-39(54(72)60-20-9-15-41-31-65(63-62-41)22-10-21-64-23-18-38-29-40(16-17-42(38)64)61-46(67)33-77-26-25-76-24-19-59)30-43(51(34)83-57-50(71)49(70)47(68)35(2)78-57)80-58-53(82-56(75)37-13-7-4-8-14-37)52(48(69)45(32-66)81-58)79-44(55(73)74)28-36-11-5-3-6-12-36/h4,7-8,13-14,16-18,23,29,31,34-36,39,43-45,47-53,57-58,66,68-71H,3,5-6,9-12,15,19-22,24-28,30,32-33,59H2,1-2H3,(H,60,72)(H,61,67)(H,73,74)/t34-,35?,39?,43-,44+,45+,47-,48+,49?,50+,51?,52?,53?,57+,58-/m1/s1. The highest BCUT2D eigenvalue weighted by atomic mass is 16.7. The van der Waals surface area contributed by atoms with Crippen molar-refractivity contribution in [3.8, 4) is 0 Å². The number of nitrogens with zero attached hydrogens (tertiary/aromatic N) is 4. The number of hydrogen-bond acceptors (Lipinski definition) is 20. The predicted molar refractivity (Wildman–Crippen MR) is 296 cm³/mol.